The number of nitrogens with one attached hydrogen (secondary N) is 1. The summed E-state index contributed by atoms with van der Waals surface area (Å²) < 4.78 is 5.42. The molecule has 0 atom stereocenters. The van der Waals surface area contributed by atoms with Gasteiger partial charge in [0.05, 0.1) is 10.4 Å². The number of rotatable bonds is 3. The second-order valence-electron chi connectivity index (χ2n) is 6.10. The van der Waals surface area contributed by atoms with E-state index in [1.165, 1.54) is 29.7 Å². The zero-order valence-electron chi connectivity index (χ0n) is 12.3. The van der Waals surface area contributed by atoms with Gasteiger partial charge in [-0.25, -0.2) is 0 Å². The summed E-state index contributed by atoms with van der Waals surface area (Å²) in [7, 11) is 0. The number of fused-ring (bicyclic) bond motifs is 1. The van der Waals surface area contributed by atoms with E-state index in [4.69, 9.17) is 4.74 Å². The predicted molar refractivity (Wildman–Crippen MR) is 89.6 cm³/mol. The minimum Gasteiger partial charge on any atom is -0.381 e. The molecule has 1 N–H and O–H groups in total. The van der Waals surface area contributed by atoms with E-state index in [0.29, 0.717) is 0 Å². The maximum absolute atomic E-state index is 12.6. The molecule has 5 heteroatoms. The summed E-state index contributed by atoms with van der Waals surface area (Å²) in [6.45, 7) is 1.46. The molecule has 0 unspecified atom stereocenters. The molecule has 1 aromatic rings. The van der Waals surface area contributed by atoms with Crippen LogP contribution in [0.25, 0.3) is 0 Å². The molecule has 0 aromatic carbocycles. The van der Waals surface area contributed by atoms with Crippen LogP contribution in [0.2, 0.25) is 0 Å². The van der Waals surface area contributed by atoms with Gasteiger partial charge < -0.3 is 10.1 Å². The minimum absolute atomic E-state index is 0.0921. The Morgan fingerprint density at radius 2 is 2.05 bits per heavy atom. The zero-order chi connectivity index (χ0) is 14.7. The fourth-order valence-corrected chi connectivity index (χ4v) is 4.99. The topological polar surface area (TPSA) is 38.3 Å². The quantitative estimate of drug-likeness (QED) is 0.649. The molecule has 116 valence electrons. The molecule has 1 amide bonds. The van der Waals surface area contributed by atoms with Crippen molar-refractivity contribution in [3.05, 3.63) is 21.4 Å². The van der Waals surface area contributed by atoms with Crippen molar-refractivity contribution in [2.45, 2.75) is 50.5 Å². The number of ether oxygens (including phenoxy) is 1. The number of hydrogen-bond acceptors (Lipinski definition) is 3. The molecule has 0 bridgehead atoms. The highest BCUT2D eigenvalue weighted by molar-refractivity contribution is 9.09. The maximum atomic E-state index is 12.6. The molecule has 1 aliphatic carbocycles. The lowest BCUT2D eigenvalue weighted by Gasteiger charge is -2.36. The largest absolute Gasteiger partial charge is 0.381 e. The number of thiophene rings is 1. The lowest BCUT2D eigenvalue weighted by atomic mass is 9.92. The van der Waals surface area contributed by atoms with Crippen molar-refractivity contribution in [3.63, 3.8) is 0 Å². The number of amides is 1. The molecular weight excluding hydrogens is 350 g/mol. The van der Waals surface area contributed by atoms with E-state index in [9.17, 15) is 4.79 Å². The SMILES string of the molecule is O=C(NC1(CBr)CCOCC1)c1cc2c(s1)CCCCC2. The van der Waals surface area contributed by atoms with Crippen LogP contribution < -0.4 is 5.32 Å². The Morgan fingerprint density at radius 1 is 1.29 bits per heavy atom. The summed E-state index contributed by atoms with van der Waals surface area (Å²) in [6, 6.07) is 2.13. The fourth-order valence-electron chi connectivity index (χ4n) is 3.14. The first-order valence-corrected chi connectivity index (χ1v) is 9.74. The lowest BCUT2D eigenvalue weighted by Crippen LogP contribution is -2.53. The molecule has 2 heterocycles. The van der Waals surface area contributed by atoms with Crippen LogP contribution in [0.4, 0.5) is 0 Å². The molecule has 1 fully saturated rings. The number of aryl methyl sites for hydroxylation is 2. The first kappa shape index (κ1) is 15.5. The van der Waals surface area contributed by atoms with E-state index in [1.54, 1.807) is 11.3 Å². The zero-order valence-corrected chi connectivity index (χ0v) is 14.7. The molecule has 0 radical (unpaired) electrons. The van der Waals surface area contributed by atoms with Gasteiger partial charge in [-0.15, -0.1) is 11.3 Å². The Morgan fingerprint density at radius 3 is 2.81 bits per heavy atom. The lowest BCUT2D eigenvalue weighted by molar-refractivity contribution is 0.0443. The fraction of sp³-hybridized carbons (Fsp3) is 0.688. The molecule has 21 heavy (non-hydrogen) atoms. The average Bonchev–Trinajstić information content (AvgIpc) is 2.79. The van der Waals surface area contributed by atoms with E-state index >= 15 is 0 Å². The Labute approximate surface area is 138 Å². The number of carbonyl (C=O) groups is 1. The highest BCUT2D eigenvalue weighted by atomic mass is 79.9. The number of halogens is 1. The van der Waals surface area contributed by atoms with Crippen molar-refractivity contribution in [2.24, 2.45) is 0 Å². The molecule has 1 aliphatic heterocycles. The van der Waals surface area contributed by atoms with E-state index in [2.05, 4.69) is 27.3 Å². The van der Waals surface area contributed by atoms with Crippen molar-refractivity contribution in [3.8, 4) is 0 Å². The van der Waals surface area contributed by atoms with Gasteiger partial charge in [0, 0.05) is 23.4 Å². The van der Waals surface area contributed by atoms with Crippen LogP contribution in [-0.4, -0.2) is 30.0 Å². The van der Waals surface area contributed by atoms with E-state index in [1.807, 2.05) is 0 Å². The summed E-state index contributed by atoms with van der Waals surface area (Å²) >= 11 is 5.27. The monoisotopic (exact) mass is 371 g/mol. The van der Waals surface area contributed by atoms with Gasteiger partial charge in [-0.1, -0.05) is 22.4 Å². The van der Waals surface area contributed by atoms with Gasteiger partial charge in [0.2, 0.25) is 0 Å². The Hall–Kier alpha value is -0.390. The smallest absolute Gasteiger partial charge is 0.261 e. The molecule has 0 saturated carbocycles. The number of alkyl halides is 1. The minimum atomic E-state index is -0.142. The Bertz CT molecular complexity index is 485. The maximum Gasteiger partial charge on any atom is 0.261 e. The van der Waals surface area contributed by atoms with E-state index < -0.39 is 0 Å². The van der Waals surface area contributed by atoms with Gasteiger partial charge in [-0.3, -0.25) is 4.79 Å². The van der Waals surface area contributed by atoms with Crippen LogP contribution in [0.15, 0.2) is 6.07 Å². The summed E-state index contributed by atoms with van der Waals surface area (Å²) in [5.74, 6) is 0.0921. The van der Waals surface area contributed by atoms with Crippen LogP contribution in [-0.2, 0) is 17.6 Å². The Kier molecular flexibility index (Phi) is 5.02. The van der Waals surface area contributed by atoms with Gasteiger partial charge in [-0.05, 0) is 50.2 Å². The molecule has 1 saturated heterocycles. The van der Waals surface area contributed by atoms with Crippen molar-refractivity contribution in [2.75, 3.05) is 18.5 Å². The summed E-state index contributed by atoms with van der Waals surface area (Å²) in [5, 5.41) is 4.06. The number of carbonyl (C=O) groups excluding carboxylic acids is 1. The van der Waals surface area contributed by atoms with E-state index in [-0.39, 0.29) is 11.4 Å². The first-order valence-electron chi connectivity index (χ1n) is 7.80. The second-order valence-corrected chi connectivity index (χ2v) is 7.80. The third-order valence-corrected chi connectivity index (χ3v) is 6.86. The summed E-state index contributed by atoms with van der Waals surface area (Å²) in [4.78, 5) is 14.9. The first-order chi connectivity index (χ1) is 10.2. The van der Waals surface area contributed by atoms with Crippen molar-refractivity contribution < 1.29 is 9.53 Å². The third kappa shape index (κ3) is 3.51. The van der Waals surface area contributed by atoms with Crippen LogP contribution in [0.3, 0.4) is 0 Å². The normalized spacial score (nSPS) is 21.4. The van der Waals surface area contributed by atoms with Gasteiger partial charge in [-0.2, -0.15) is 0 Å². The van der Waals surface area contributed by atoms with Crippen molar-refractivity contribution in [1.82, 2.24) is 5.32 Å². The van der Waals surface area contributed by atoms with Crippen molar-refractivity contribution >= 4 is 33.2 Å². The summed E-state index contributed by atoms with van der Waals surface area (Å²) in [6.07, 6.45) is 7.88. The molecule has 3 rings (SSSR count). The highest BCUT2D eigenvalue weighted by Crippen LogP contribution is 2.30. The summed E-state index contributed by atoms with van der Waals surface area (Å²) in [5.41, 5.74) is 1.26. The highest BCUT2D eigenvalue weighted by Gasteiger charge is 2.33. The predicted octanol–water partition coefficient (Wildman–Crippen LogP) is 3.69. The molecular formula is C16H22BrNO2S. The molecule has 0 spiro atoms. The van der Waals surface area contributed by atoms with Crippen molar-refractivity contribution in [1.29, 1.82) is 0 Å². The van der Waals surface area contributed by atoms with Crippen LogP contribution >= 0.6 is 27.3 Å². The van der Waals surface area contributed by atoms with E-state index in [0.717, 1.165) is 49.1 Å². The van der Waals surface area contributed by atoms with Crippen LogP contribution in [0.5, 0.6) is 0 Å². The number of hydrogen-bond donors (Lipinski definition) is 1. The molecule has 1 aromatic heterocycles. The molecule has 3 nitrogen and oxygen atoms in total. The molecule has 2 aliphatic rings. The second kappa shape index (κ2) is 6.80. The van der Waals surface area contributed by atoms with Gasteiger partial charge in [0.15, 0.2) is 0 Å². The standard InChI is InChI=1S/C16H22BrNO2S/c17-11-16(6-8-20-9-7-16)18-15(19)14-10-12-4-2-1-3-5-13(12)21-14/h10H,1-9,11H2,(H,18,19). The van der Waals surface area contributed by atoms with Crippen LogP contribution in [0, 0.1) is 0 Å². The van der Waals surface area contributed by atoms with Gasteiger partial charge in [0.25, 0.3) is 5.91 Å². The average molecular weight is 372 g/mol. The Balaban J connectivity index is 1.73. The van der Waals surface area contributed by atoms with Gasteiger partial charge in [0.1, 0.15) is 0 Å². The third-order valence-electron chi connectivity index (χ3n) is 4.55. The van der Waals surface area contributed by atoms with Gasteiger partial charge >= 0.3 is 0 Å². The van der Waals surface area contributed by atoms with Crippen LogP contribution in [0.1, 0.15) is 52.2 Å².